The van der Waals surface area contributed by atoms with E-state index >= 15 is 0 Å². The average Bonchev–Trinajstić information content (AvgIpc) is 2.17. The highest BCUT2D eigenvalue weighted by molar-refractivity contribution is 6.18. The van der Waals surface area contributed by atoms with Gasteiger partial charge in [-0.2, -0.15) is 4.98 Å². The second kappa shape index (κ2) is 5.00. The molecule has 0 unspecified atom stereocenters. The van der Waals surface area contributed by atoms with Gasteiger partial charge in [-0.05, 0) is 6.92 Å². The first kappa shape index (κ1) is 11.0. The summed E-state index contributed by atoms with van der Waals surface area (Å²) in [6.45, 7) is 2.59. The summed E-state index contributed by atoms with van der Waals surface area (Å²) < 4.78 is 5.05. The minimum Gasteiger partial charge on any atom is -0.481 e. The number of nitrogens with zero attached hydrogens (tertiary/aromatic N) is 3. The van der Waals surface area contributed by atoms with E-state index in [9.17, 15) is 0 Å². The largest absolute Gasteiger partial charge is 0.481 e. The molecule has 0 aliphatic carbocycles. The third kappa shape index (κ3) is 2.73. The van der Waals surface area contributed by atoms with Crippen molar-refractivity contribution in [2.45, 2.75) is 6.92 Å². The molecule has 0 saturated carbocycles. The van der Waals surface area contributed by atoms with E-state index in [0.29, 0.717) is 17.6 Å². The molecule has 0 aliphatic rings. The molecule has 0 aliphatic heterocycles. The van der Waals surface area contributed by atoms with Crippen molar-refractivity contribution in [1.82, 2.24) is 9.97 Å². The lowest BCUT2D eigenvalue weighted by Gasteiger charge is -2.17. The molecule has 0 atom stereocenters. The molecule has 4 nitrogen and oxygen atoms in total. The van der Waals surface area contributed by atoms with Crippen LogP contribution in [-0.2, 0) is 0 Å². The van der Waals surface area contributed by atoms with Crippen LogP contribution in [0.15, 0.2) is 6.07 Å². The number of anilines is 1. The summed E-state index contributed by atoms with van der Waals surface area (Å²) in [7, 11) is 3.52. The van der Waals surface area contributed by atoms with Gasteiger partial charge in [0.1, 0.15) is 11.6 Å². The molecule has 78 valence electrons. The Hall–Kier alpha value is -1.03. The van der Waals surface area contributed by atoms with Crippen LogP contribution in [0.3, 0.4) is 0 Å². The Balaban J connectivity index is 2.90. The fraction of sp³-hybridized carbons (Fsp3) is 0.556. The van der Waals surface area contributed by atoms with Gasteiger partial charge in [0.05, 0.1) is 7.11 Å². The van der Waals surface area contributed by atoms with Gasteiger partial charge in [-0.15, -0.1) is 11.6 Å². The zero-order chi connectivity index (χ0) is 10.6. The highest BCUT2D eigenvalue weighted by Crippen LogP contribution is 2.15. The molecular weight excluding hydrogens is 202 g/mol. The minimum atomic E-state index is 0.571. The molecule has 0 radical (unpaired) electrons. The molecule has 0 spiro atoms. The Morgan fingerprint density at radius 2 is 2.21 bits per heavy atom. The van der Waals surface area contributed by atoms with Crippen molar-refractivity contribution >= 4 is 17.4 Å². The Kier molecular flexibility index (Phi) is 3.95. The molecule has 14 heavy (non-hydrogen) atoms. The van der Waals surface area contributed by atoms with Crippen LogP contribution in [0.5, 0.6) is 5.88 Å². The number of ether oxygens (including phenoxy) is 1. The van der Waals surface area contributed by atoms with Crippen LogP contribution in [0.2, 0.25) is 0 Å². The Bertz CT molecular complexity index is 306. The second-order valence-corrected chi connectivity index (χ2v) is 3.30. The summed E-state index contributed by atoms with van der Waals surface area (Å²) in [6.07, 6.45) is 0. The van der Waals surface area contributed by atoms with E-state index in [1.165, 1.54) is 0 Å². The number of aryl methyl sites for hydroxylation is 1. The first-order valence-electron chi connectivity index (χ1n) is 4.34. The fourth-order valence-electron chi connectivity index (χ4n) is 1.07. The Morgan fingerprint density at radius 1 is 1.50 bits per heavy atom. The number of halogens is 1. The van der Waals surface area contributed by atoms with Crippen molar-refractivity contribution in [1.29, 1.82) is 0 Å². The predicted octanol–water partition coefficient (Wildman–Crippen LogP) is 1.47. The van der Waals surface area contributed by atoms with Crippen molar-refractivity contribution in [3.8, 4) is 5.88 Å². The maximum Gasteiger partial charge on any atom is 0.218 e. The van der Waals surface area contributed by atoms with Gasteiger partial charge in [0.2, 0.25) is 5.88 Å². The van der Waals surface area contributed by atoms with Crippen molar-refractivity contribution in [2.75, 3.05) is 31.5 Å². The van der Waals surface area contributed by atoms with Crippen molar-refractivity contribution < 1.29 is 4.74 Å². The van der Waals surface area contributed by atoms with Crippen LogP contribution in [0.25, 0.3) is 0 Å². The fourth-order valence-corrected chi connectivity index (χ4v) is 1.32. The normalized spacial score (nSPS) is 10.0. The lowest BCUT2D eigenvalue weighted by Crippen LogP contribution is -2.21. The molecule has 5 heteroatoms. The number of aromatic nitrogens is 2. The summed E-state index contributed by atoms with van der Waals surface area (Å²) in [6, 6.07) is 1.79. The lowest BCUT2D eigenvalue weighted by molar-refractivity contribution is 0.395. The summed E-state index contributed by atoms with van der Waals surface area (Å²) in [4.78, 5) is 10.3. The zero-order valence-electron chi connectivity index (χ0n) is 8.62. The maximum atomic E-state index is 5.64. The van der Waals surface area contributed by atoms with Gasteiger partial charge in [0.25, 0.3) is 0 Å². The van der Waals surface area contributed by atoms with E-state index in [0.717, 1.165) is 12.4 Å². The standard InChI is InChI=1S/C9H14ClN3O/c1-7-11-8(13(2)5-4-10)6-9(12-7)14-3/h6H,4-5H2,1-3H3. The van der Waals surface area contributed by atoms with Gasteiger partial charge < -0.3 is 9.64 Å². The molecule has 0 N–H and O–H groups in total. The first-order valence-corrected chi connectivity index (χ1v) is 4.87. The molecule has 0 saturated heterocycles. The van der Waals surface area contributed by atoms with Crippen LogP contribution >= 0.6 is 11.6 Å². The van der Waals surface area contributed by atoms with Gasteiger partial charge in [-0.1, -0.05) is 0 Å². The molecular formula is C9H14ClN3O. The highest BCUT2D eigenvalue weighted by atomic mass is 35.5. The van der Waals surface area contributed by atoms with Crippen LogP contribution < -0.4 is 9.64 Å². The van der Waals surface area contributed by atoms with Crippen molar-refractivity contribution in [2.24, 2.45) is 0 Å². The molecule has 0 bridgehead atoms. The molecule has 1 aromatic heterocycles. The van der Waals surface area contributed by atoms with Crippen LogP contribution in [-0.4, -0.2) is 36.6 Å². The maximum absolute atomic E-state index is 5.64. The molecule has 0 amide bonds. The van der Waals surface area contributed by atoms with E-state index < -0.39 is 0 Å². The quantitative estimate of drug-likeness (QED) is 0.713. The molecule has 0 aromatic carbocycles. The Morgan fingerprint density at radius 3 is 2.79 bits per heavy atom. The third-order valence-electron chi connectivity index (χ3n) is 1.82. The van der Waals surface area contributed by atoms with Crippen LogP contribution in [0, 0.1) is 6.92 Å². The topological polar surface area (TPSA) is 38.2 Å². The summed E-state index contributed by atoms with van der Waals surface area (Å²) in [5.74, 6) is 2.67. The smallest absolute Gasteiger partial charge is 0.218 e. The first-order chi connectivity index (χ1) is 6.67. The Labute approximate surface area is 88.9 Å². The van der Waals surface area contributed by atoms with Crippen molar-refractivity contribution in [3.63, 3.8) is 0 Å². The number of alkyl halides is 1. The van der Waals surface area contributed by atoms with E-state index in [1.54, 1.807) is 13.2 Å². The molecule has 0 fully saturated rings. The van der Waals surface area contributed by atoms with Gasteiger partial charge in [0.15, 0.2) is 0 Å². The number of hydrogen-bond donors (Lipinski definition) is 0. The number of hydrogen-bond acceptors (Lipinski definition) is 4. The van der Waals surface area contributed by atoms with Gasteiger partial charge >= 0.3 is 0 Å². The van der Waals surface area contributed by atoms with Crippen LogP contribution in [0.1, 0.15) is 5.82 Å². The molecule has 1 aromatic rings. The van der Waals surface area contributed by atoms with E-state index in [-0.39, 0.29) is 0 Å². The highest BCUT2D eigenvalue weighted by Gasteiger charge is 2.05. The molecule has 1 rings (SSSR count). The average molecular weight is 216 g/mol. The number of rotatable bonds is 4. The van der Waals surface area contributed by atoms with Gasteiger partial charge in [-0.3, -0.25) is 0 Å². The molecule has 1 heterocycles. The summed E-state index contributed by atoms with van der Waals surface area (Å²) in [5.41, 5.74) is 0. The van der Waals surface area contributed by atoms with Crippen LogP contribution in [0.4, 0.5) is 5.82 Å². The SMILES string of the molecule is COc1cc(N(C)CCCl)nc(C)n1. The predicted molar refractivity (Wildman–Crippen MR) is 57.3 cm³/mol. The number of methoxy groups -OCH3 is 1. The summed E-state index contributed by atoms with van der Waals surface area (Å²) >= 11 is 5.64. The zero-order valence-corrected chi connectivity index (χ0v) is 9.38. The van der Waals surface area contributed by atoms with Crippen molar-refractivity contribution in [3.05, 3.63) is 11.9 Å². The minimum absolute atomic E-state index is 0.571. The van der Waals surface area contributed by atoms with Gasteiger partial charge in [-0.25, -0.2) is 4.98 Å². The second-order valence-electron chi connectivity index (χ2n) is 2.93. The van der Waals surface area contributed by atoms with Gasteiger partial charge in [0, 0.05) is 25.5 Å². The third-order valence-corrected chi connectivity index (χ3v) is 1.99. The van der Waals surface area contributed by atoms with E-state index in [2.05, 4.69) is 9.97 Å². The lowest BCUT2D eigenvalue weighted by atomic mass is 10.4. The van der Waals surface area contributed by atoms with E-state index in [1.807, 2.05) is 18.9 Å². The summed E-state index contributed by atoms with van der Waals surface area (Å²) in [5, 5.41) is 0. The monoisotopic (exact) mass is 215 g/mol. The van der Waals surface area contributed by atoms with E-state index in [4.69, 9.17) is 16.3 Å².